The van der Waals surface area contributed by atoms with Gasteiger partial charge >= 0.3 is 0 Å². The fraction of sp³-hybridized carbons (Fsp3) is 0.364. The van der Waals surface area contributed by atoms with Crippen molar-refractivity contribution in [1.82, 2.24) is 19.9 Å². The minimum absolute atomic E-state index is 0.257. The maximum atomic E-state index is 8.83. The normalized spacial score (nSPS) is 16.6. The highest BCUT2D eigenvalue weighted by molar-refractivity contribution is 5.54. The molecule has 0 aliphatic carbocycles. The summed E-state index contributed by atoms with van der Waals surface area (Å²) < 4.78 is 5.96. The second kappa shape index (κ2) is 8.84. The van der Waals surface area contributed by atoms with Crippen LogP contribution < -0.4 is 5.32 Å². The van der Waals surface area contributed by atoms with Crippen LogP contribution in [0.15, 0.2) is 47.3 Å². The third-order valence-electron chi connectivity index (χ3n) is 5.10. The van der Waals surface area contributed by atoms with Crippen molar-refractivity contribution in [3.63, 3.8) is 0 Å². The van der Waals surface area contributed by atoms with Crippen LogP contribution >= 0.6 is 0 Å². The molecule has 1 aliphatic heterocycles. The highest BCUT2D eigenvalue weighted by Gasteiger charge is 2.28. The fourth-order valence-corrected chi connectivity index (χ4v) is 3.70. The van der Waals surface area contributed by atoms with Crippen LogP contribution in [-0.2, 0) is 13.0 Å². The predicted octanol–water partition coefficient (Wildman–Crippen LogP) is 4.37. The summed E-state index contributed by atoms with van der Waals surface area (Å²) in [6.45, 7) is 3.99. The van der Waals surface area contributed by atoms with Gasteiger partial charge in [0.2, 0.25) is 0 Å². The van der Waals surface area contributed by atoms with Crippen LogP contribution in [0.3, 0.4) is 0 Å². The molecule has 4 heterocycles. The second-order valence-electron chi connectivity index (χ2n) is 7.24. The summed E-state index contributed by atoms with van der Waals surface area (Å²) in [6.07, 6.45) is 9.49. The first-order chi connectivity index (χ1) is 14.2. The zero-order valence-corrected chi connectivity index (χ0v) is 16.5. The van der Waals surface area contributed by atoms with E-state index in [0.29, 0.717) is 11.5 Å². The number of pyridine rings is 1. The maximum absolute atomic E-state index is 8.83. The van der Waals surface area contributed by atoms with Crippen molar-refractivity contribution in [3.05, 3.63) is 65.8 Å². The number of aryl methyl sites for hydroxylation is 1. The molecule has 0 radical (unpaired) electrons. The number of nitrogens with one attached hydrogen (secondary N) is 1. The van der Waals surface area contributed by atoms with E-state index in [4.69, 9.17) is 9.68 Å². The Morgan fingerprint density at radius 3 is 2.76 bits per heavy atom. The van der Waals surface area contributed by atoms with E-state index >= 15 is 0 Å². The number of furan rings is 1. The maximum Gasteiger partial charge on any atom is 0.148 e. The van der Waals surface area contributed by atoms with E-state index in [1.807, 2.05) is 12.3 Å². The highest BCUT2D eigenvalue weighted by atomic mass is 16.3. The molecule has 3 aromatic heterocycles. The van der Waals surface area contributed by atoms with Gasteiger partial charge in [0.05, 0.1) is 42.6 Å². The van der Waals surface area contributed by atoms with Crippen molar-refractivity contribution < 1.29 is 4.42 Å². The molecule has 1 N–H and O–H groups in total. The van der Waals surface area contributed by atoms with Gasteiger partial charge in [-0.3, -0.25) is 9.88 Å². The Kier molecular flexibility index (Phi) is 5.82. The molecule has 1 saturated heterocycles. The molecule has 0 aromatic carbocycles. The number of likely N-dealkylation sites (tertiary alicyclic amines) is 1. The van der Waals surface area contributed by atoms with E-state index in [-0.39, 0.29) is 6.04 Å². The van der Waals surface area contributed by atoms with Gasteiger partial charge in [0, 0.05) is 6.42 Å². The van der Waals surface area contributed by atoms with E-state index in [0.717, 1.165) is 61.7 Å². The molecule has 0 saturated carbocycles. The van der Waals surface area contributed by atoms with Gasteiger partial charge in [-0.2, -0.15) is 5.26 Å². The standard InChI is InChI=1S/C22H24N6O/c1-2-4-18-8-9-19(29-18)15-28-10-3-5-21(28)20-13-26-22(14-25-20)27-17-7-6-16(11-23)24-12-17/h6-9,12-14,21H,2-5,10,15H2,1H3,(H,26,27)/t21-/m1/s1. The second-order valence-corrected chi connectivity index (χ2v) is 7.24. The molecule has 0 amide bonds. The molecule has 7 heteroatoms. The summed E-state index contributed by atoms with van der Waals surface area (Å²) in [5.41, 5.74) is 2.14. The van der Waals surface area contributed by atoms with Gasteiger partial charge in [0.25, 0.3) is 0 Å². The summed E-state index contributed by atoms with van der Waals surface area (Å²) >= 11 is 0. The SMILES string of the molecule is CCCc1ccc(CN2CCC[C@@H]2c2cnc(Nc3ccc(C#N)nc3)cn2)o1. The van der Waals surface area contributed by atoms with Gasteiger partial charge in [0.1, 0.15) is 29.1 Å². The largest absolute Gasteiger partial charge is 0.465 e. The van der Waals surface area contributed by atoms with Gasteiger partial charge in [0.15, 0.2) is 0 Å². The molecule has 148 valence electrons. The minimum Gasteiger partial charge on any atom is -0.465 e. The molecule has 0 spiro atoms. The number of anilines is 2. The number of hydrogen-bond acceptors (Lipinski definition) is 7. The summed E-state index contributed by atoms with van der Waals surface area (Å²) in [5, 5.41) is 12.0. The smallest absolute Gasteiger partial charge is 0.148 e. The van der Waals surface area contributed by atoms with Crippen LogP contribution in [0.25, 0.3) is 0 Å². The summed E-state index contributed by atoms with van der Waals surface area (Å²) in [7, 11) is 0. The first-order valence-corrected chi connectivity index (χ1v) is 10.0. The van der Waals surface area contributed by atoms with Crippen molar-refractivity contribution in [2.75, 3.05) is 11.9 Å². The molecule has 1 aliphatic rings. The van der Waals surface area contributed by atoms with Crippen molar-refractivity contribution in [2.24, 2.45) is 0 Å². The zero-order valence-electron chi connectivity index (χ0n) is 16.5. The fourth-order valence-electron chi connectivity index (χ4n) is 3.70. The van der Waals surface area contributed by atoms with Crippen molar-refractivity contribution in [2.45, 2.75) is 45.2 Å². The first kappa shape index (κ1) is 19.1. The lowest BCUT2D eigenvalue weighted by Crippen LogP contribution is -2.23. The van der Waals surface area contributed by atoms with E-state index in [2.05, 4.69) is 44.2 Å². The Bertz CT molecular complexity index is 974. The molecular formula is C22H24N6O. The van der Waals surface area contributed by atoms with Gasteiger partial charge in [-0.15, -0.1) is 0 Å². The third kappa shape index (κ3) is 4.61. The van der Waals surface area contributed by atoms with E-state index in [1.54, 1.807) is 24.5 Å². The van der Waals surface area contributed by atoms with E-state index < -0.39 is 0 Å². The molecule has 7 nitrogen and oxygen atoms in total. The minimum atomic E-state index is 0.257. The lowest BCUT2D eigenvalue weighted by atomic mass is 10.1. The van der Waals surface area contributed by atoms with Crippen LogP contribution in [0.4, 0.5) is 11.5 Å². The molecule has 1 fully saturated rings. The lowest BCUT2D eigenvalue weighted by Gasteiger charge is -2.22. The topological polar surface area (TPSA) is 90.9 Å². The van der Waals surface area contributed by atoms with E-state index in [9.17, 15) is 0 Å². The molecular weight excluding hydrogens is 364 g/mol. The molecule has 0 bridgehead atoms. The highest BCUT2D eigenvalue weighted by Crippen LogP contribution is 2.32. The monoisotopic (exact) mass is 388 g/mol. The number of nitrogens with zero attached hydrogens (tertiary/aromatic N) is 5. The molecule has 0 unspecified atom stereocenters. The van der Waals surface area contributed by atoms with Crippen LogP contribution in [0, 0.1) is 11.3 Å². The average molecular weight is 388 g/mol. The molecule has 4 rings (SSSR count). The summed E-state index contributed by atoms with van der Waals surface area (Å²) in [5.74, 6) is 2.73. The van der Waals surface area contributed by atoms with Crippen molar-refractivity contribution >= 4 is 11.5 Å². The third-order valence-corrected chi connectivity index (χ3v) is 5.10. The van der Waals surface area contributed by atoms with Gasteiger partial charge in [-0.05, 0) is 50.1 Å². The zero-order chi connectivity index (χ0) is 20.1. The Morgan fingerprint density at radius 1 is 1.14 bits per heavy atom. The predicted molar refractivity (Wildman–Crippen MR) is 109 cm³/mol. The molecule has 3 aromatic rings. The van der Waals surface area contributed by atoms with Gasteiger partial charge < -0.3 is 9.73 Å². The van der Waals surface area contributed by atoms with E-state index in [1.165, 1.54) is 0 Å². The number of hydrogen-bond donors (Lipinski definition) is 1. The van der Waals surface area contributed by atoms with Crippen LogP contribution in [-0.4, -0.2) is 26.4 Å². The van der Waals surface area contributed by atoms with Crippen LogP contribution in [0.5, 0.6) is 0 Å². The molecule has 29 heavy (non-hydrogen) atoms. The van der Waals surface area contributed by atoms with Gasteiger partial charge in [-0.25, -0.2) is 9.97 Å². The van der Waals surface area contributed by atoms with Crippen molar-refractivity contribution in [3.8, 4) is 6.07 Å². The Morgan fingerprint density at radius 2 is 2.03 bits per heavy atom. The Hall–Kier alpha value is -3.24. The van der Waals surface area contributed by atoms with Crippen LogP contribution in [0.1, 0.15) is 55.1 Å². The first-order valence-electron chi connectivity index (χ1n) is 10.0. The lowest BCUT2D eigenvalue weighted by molar-refractivity contribution is 0.222. The van der Waals surface area contributed by atoms with Gasteiger partial charge in [-0.1, -0.05) is 6.92 Å². The summed E-state index contributed by atoms with van der Waals surface area (Å²) in [4.78, 5) is 15.6. The Labute approximate surface area is 170 Å². The quantitative estimate of drug-likeness (QED) is 0.642. The average Bonchev–Trinajstić information content (AvgIpc) is 3.39. The Balaban J connectivity index is 1.40. The van der Waals surface area contributed by atoms with Crippen molar-refractivity contribution in [1.29, 1.82) is 5.26 Å². The number of nitriles is 1. The van der Waals surface area contributed by atoms with Crippen LogP contribution in [0.2, 0.25) is 0 Å². The number of aromatic nitrogens is 3. The number of rotatable bonds is 7. The summed E-state index contributed by atoms with van der Waals surface area (Å²) in [6, 6.07) is 9.91. The molecule has 1 atom stereocenters.